The Labute approximate surface area is 122 Å². The van der Waals surface area contributed by atoms with Gasteiger partial charge in [0.05, 0.1) is 0 Å². The predicted molar refractivity (Wildman–Crippen MR) is 85.9 cm³/mol. The molecule has 0 bridgehead atoms. The first-order valence-electron chi connectivity index (χ1n) is 7.20. The number of hydrogen-bond donors (Lipinski definition) is 2. The lowest BCUT2D eigenvalue weighted by Gasteiger charge is -2.22. The molecule has 0 radical (unpaired) electrons. The molecular weight excluding hydrogens is 254 g/mol. The lowest BCUT2D eigenvalue weighted by molar-refractivity contribution is 0.296. The van der Waals surface area contributed by atoms with Crippen molar-refractivity contribution in [3.8, 4) is 0 Å². The predicted octanol–water partition coefficient (Wildman–Crippen LogP) is 3.13. The molecule has 0 heterocycles. The molecule has 0 saturated heterocycles. The molecule has 1 aromatic rings. The minimum Gasteiger partial charge on any atom is -0.396 e. The molecule has 1 unspecified atom stereocenters. The van der Waals surface area contributed by atoms with Crippen LogP contribution in [0.2, 0.25) is 0 Å². The van der Waals surface area contributed by atoms with E-state index in [1.54, 1.807) is 0 Å². The minimum atomic E-state index is 0.309. The van der Waals surface area contributed by atoms with Crippen LogP contribution in [-0.4, -0.2) is 36.3 Å². The van der Waals surface area contributed by atoms with Gasteiger partial charge in [0.2, 0.25) is 0 Å². The lowest BCUT2D eigenvalue weighted by Crippen LogP contribution is -2.26. The van der Waals surface area contributed by atoms with Gasteiger partial charge >= 0.3 is 0 Å². The molecule has 1 aromatic carbocycles. The van der Waals surface area contributed by atoms with Gasteiger partial charge in [0, 0.05) is 25.4 Å². The van der Waals surface area contributed by atoms with Gasteiger partial charge in [-0.2, -0.15) is 11.8 Å². The molecule has 3 heteroatoms. The van der Waals surface area contributed by atoms with Gasteiger partial charge < -0.3 is 10.4 Å². The van der Waals surface area contributed by atoms with Gasteiger partial charge in [-0.15, -0.1) is 0 Å². The number of rotatable bonds is 10. The van der Waals surface area contributed by atoms with Crippen LogP contribution in [0.25, 0.3) is 0 Å². The summed E-state index contributed by atoms with van der Waals surface area (Å²) in [7, 11) is 0. The van der Waals surface area contributed by atoms with Crippen LogP contribution in [0, 0.1) is 5.92 Å². The van der Waals surface area contributed by atoms with E-state index >= 15 is 0 Å². The van der Waals surface area contributed by atoms with Crippen molar-refractivity contribution in [2.24, 2.45) is 5.92 Å². The highest BCUT2D eigenvalue weighted by Crippen LogP contribution is 2.23. The van der Waals surface area contributed by atoms with Crippen molar-refractivity contribution in [3.05, 3.63) is 35.9 Å². The van der Waals surface area contributed by atoms with Gasteiger partial charge in [-0.25, -0.2) is 0 Å². The fraction of sp³-hybridized carbons (Fsp3) is 0.625. The quantitative estimate of drug-likeness (QED) is 0.646. The third-order valence-corrected chi connectivity index (χ3v) is 4.34. The average Bonchev–Trinajstić information content (AvgIpc) is 2.42. The van der Waals surface area contributed by atoms with Crippen molar-refractivity contribution >= 4 is 11.8 Å². The summed E-state index contributed by atoms with van der Waals surface area (Å²) in [4.78, 5) is 0. The largest absolute Gasteiger partial charge is 0.396 e. The van der Waals surface area contributed by atoms with Crippen LogP contribution in [0.1, 0.15) is 31.7 Å². The Hall–Kier alpha value is -0.510. The molecule has 1 rings (SSSR count). The summed E-state index contributed by atoms with van der Waals surface area (Å²) in [6.45, 7) is 6.98. The van der Waals surface area contributed by atoms with E-state index in [1.165, 1.54) is 5.56 Å². The van der Waals surface area contributed by atoms with Gasteiger partial charge in [0.1, 0.15) is 0 Å². The highest BCUT2D eigenvalue weighted by molar-refractivity contribution is 7.99. The lowest BCUT2D eigenvalue weighted by atomic mass is 9.88. The molecule has 0 saturated carbocycles. The van der Waals surface area contributed by atoms with E-state index in [2.05, 4.69) is 49.5 Å². The molecule has 2 N–H and O–H groups in total. The highest BCUT2D eigenvalue weighted by atomic mass is 32.2. The Balaban J connectivity index is 2.24. The maximum absolute atomic E-state index is 8.70. The number of aliphatic hydroxyl groups excluding tert-OH is 1. The van der Waals surface area contributed by atoms with E-state index in [4.69, 9.17) is 5.11 Å². The van der Waals surface area contributed by atoms with Crippen LogP contribution in [0.4, 0.5) is 0 Å². The molecule has 0 aliphatic rings. The molecule has 19 heavy (non-hydrogen) atoms. The zero-order chi connectivity index (χ0) is 13.9. The van der Waals surface area contributed by atoms with Crippen molar-refractivity contribution < 1.29 is 5.11 Å². The Morgan fingerprint density at radius 3 is 2.53 bits per heavy atom. The second kappa shape index (κ2) is 10.3. The number of thioether (sulfide) groups is 1. The van der Waals surface area contributed by atoms with Gasteiger partial charge in [-0.1, -0.05) is 44.2 Å². The maximum Gasteiger partial charge on any atom is 0.0438 e. The third-order valence-electron chi connectivity index (χ3n) is 3.27. The Morgan fingerprint density at radius 1 is 1.16 bits per heavy atom. The number of aliphatic hydroxyl groups is 1. The van der Waals surface area contributed by atoms with Crippen LogP contribution in [-0.2, 0) is 0 Å². The Kier molecular flexibility index (Phi) is 8.97. The summed E-state index contributed by atoms with van der Waals surface area (Å²) in [6.07, 6.45) is 0.906. The molecule has 1 atom stereocenters. The third kappa shape index (κ3) is 7.00. The molecule has 0 aliphatic carbocycles. The van der Waals surface area contributed by atoms with Crippen LogP contribution in [0.5, 0.6) is 0 Å². The van der Waals surface area contributed by atoms with Crippen LogP contribution >= 0.6 is 11.8 Å². The molecule has 0 aliphatic heterocycles. The van der Waals surface area contributed by atoms with Gasteiger partial charge in [-0.3, -0.25) is 0 Å². The Bertz CT molecular complexity index is 316. The molecule has 2 nitrogen and oxygen atoms in total. The summed E-state index contributed by atoms with van der Waals surface area (Å²) in [5.41, 5.74) is 1.43. The number of benzene rings is 1. The van der Waals surface area contributed by atoms with Crippen LogP contribution < -0.4 is 5.32 Å². The summed E-state index contributed by atoms with van der Waals surface area (Å²) in [5.74, 6) is 3.42. The van der Waals surface area contributed by atoms with E-state index in [0.29, 0.717) is 18.4 Å². The van der Waals surface area contributed by atoms with Crippen molar-refractivity contribution in [2.75, 3.05) is 31.2 Å². The van der Waals surface area contributed by atoms with E-state index < -0.39 is 0 Å². The zero-order valence-corrected chi connectivity index (χ0v) is 13.0. The molecular formula is C16H27NOS. The first-order chi connectivity index (χ1) is 9.25. The van der Waals surface area contributed by atoms with Gasteiger partial charge in [0.15, 0.2) is 0 Å². The van der Waals surface area contributed by atoms with Crippen molar-refractivity contribution in [3.63, 3.8) is 0 Å². The molecule has 0 aromatic heterocycles. The highest BCUT2D eigenvalue weighted by Gasteiger charge is 2.14. The van der Waals surface area contributed by atoms with E-state index in [1.807, 2.05) is 11.8 Å². The molecule has 108 valence electrons. The van der Waals surface area contributed by atoms with Crippen LogP contribution in [0.15, 0.2) is 30.3 Å². The Morgan fingerprint density at radius 2 is 1.89 bits per heavy atom. The standard InChI is InChI=1S/C16H27NOS/c1-14(2)16(15-7-4-3-5-8-15)13-17-9-12-19-11-6-10-18/h3-5,7-8,14,16-18H,6,9-13H2,1-2H3. The SMILES string of the molecule is CC(C)C(CNCCSCCCO)c1ccccc1. The summed E-state index contributed by atoms with van der Waals surface area (Å²) in [6, 6.07) is 10.8. The maximum atomic E-state index is 8.70. The summed E-state index contributed by atoms with van der Waals surface area (Å²) < 4.78 is 0. The zero-order valence-electron chi connectivity index (χ0n) is 12.1. The van der Waals surface area contributed by atoms with Gasteiger partial charge in [0.25, 0.3) is 0 Å². The normalized spacial score (nSPS) is 12.8. The smallest absolute Gasteiger partial charge is 0.0438 e. The second-order valence-electron chi connectivity index (χ2n) is 5.15. The topological polar surface area (TPSA) is 32.3 Å². The average molecular weight is 281 g/mol. The first-order valence-corrected chi connectivity index (χ1v) is 8.35. The molecule has 0 amide bonds. The molecule has 0 fully saturated rings. The fourth-order valence-corrected chi connectivity index (χ4v) is 2.94. The van der Waals surface area contributed by atoms with Crippen molar-refractivity contribution in [1.82, 2.24) is 5.32 Å². The first kappa shape index (κ1) is 16.5. The van der Waals surface area contributed by atoms with E-state index in [-0.39, 0.29) is 0 Å². The minimum absolute atomic E-state index is 0.309. The summed E-state index contributed by atoms with van der Waals surface area (Å²) in [5, 5.41) is 12.3. The molecule has 0 spiro atoms. The summed E-state index contributed by atoms with van der Waals surface area (Å²) >= 11 is 1.91. The van der Waals surface area contributed by atoms with Gasteiger partial charge in [-0.05, 0) is 29.6 Å². The van der Waals surface area contributed by atoms with E-state index in [0.717, 1.165) is 31.0 Å². The number of nitrogens with one attached hydrogen (secondary N) is 1. The van der Waals surface area contributed by atoms with Crippen LogP contribution in [0.3, 0.4) is 0 Å². The van der Waals surface area contributed by atoms with Crippen molar-refractivity contribution in [2.45, 2.75) is 26.2 Å². The monoisotopic (exact) mass is 281 g/mol. The number of hydrogen-bond acceptors (Lipinski definition) is 3. The fourth-order valence-electron chi connectivity index (χ4n) is 2.11. The van der Waals surface area contributed by atoms with E-state index in [9.17, 15) is 0 Å². The second-order valence-corrected chi connectivity index (χ2v) is 6.38. The van der Waals surface area contributed by atoms with Crippen molar-refractivity contribution in [1.29, 1.82) is 0 Å².